The number of ether oxygens (including phenoxy) is 1. The summed E-state index contributed by atoms with van der Waals surface area (Å²) in [4.78, 5) is 11.7. The van der Waals surface area contributed by atoms with E-state index in [9.17, 15) is 13.2 Å². The number of anilines is 1. The van der Waals surface area contributed by atoms with Crippen molar-refractivity contribution in [2.24, 2.45) is 5.92 Å². The van der Waals surface area contributed by atoms with Crippen molar-refractivity contribution in [2.75, 3.05) is 11.8 Å². The minimum Gasteiger partial charge on any atom is -0.469 e. The van der Waals surface area contributed by atoms with E-state index in [4.69, 9.17) is 4.74 Å². The molecule has 0 spiro atoms. The van der Waals surface area contributed by atoms with Gasteiger partial charge in [-0.25, -0.2) is 8.42 Å². The van der Waals surface area contributed by atoms with Gasteiger partial charge in [-0.05, 0) is 26.7 Å². The number of hydrogen-bond acceptors (Lipinski definition) is 5. The first-order valence-corrected chi connectivity index (χ1v) is 8.53. The van der Waals surface area contributed by atoms with Gasteiger partial charge in [0.1, 0.15) is 0 Å². The highest BCUT2D eigenvalue weighted by Crippen LogP contribution is 2.33. The summed E-state index contributed by atoms with van der Waals surface area (Å²) < 4.78 is 33.8. The van der Waals surface area contributed by atoms with E-state index >= 15 is 0 Å². The van der Waals surface area contributed by atoms with Crippen LogP contribution in [0.2, 0.25) is 0 Å². The summed E-state index contributed by atoms with van der Waals surface area (Å²) in [6, 6.07) is 0.151. The summed E-state index contributed by atoms with van der Waals surface area (Å²) in [6.07, 6.45) is 4.83. The maximum Gasteiger partial charge on any atom is 0.310 e. The Hall–Kier alpha value is -1.57. The quantitative estimate of drug-likeness (QED) is 0.833. The Morgan fingerprint density at radius 1 is 1.48 bits per heavy atom. The lowest BCUT2D eigenvalue weighted by molar-refractivity contribution is -0.145. The van der Waals surface area contributed by atoms with E-state index in [1.165, 1.54) is 13.3 Å². The summed E-state index contributed by atoms with van der Waals surface area (Å²) in [5.41, 5.74) is 0.416. The molecule has 2 atom stereocenters. The molecule has 1 aromatic heterocycles. The largest absolute Gasteiger partial charge is 0.469 e. The van der Waals surface area contributed by atoms with Gasteiger partial charge in [-0.3, -0.25) is 14.2 Å². The summed E-state index contributed by atoms with van der Waals surface area (Å²) in [6.45, 7) is 3.91. The van der Waals surface area contributed by atoms with Crippen molar-refractivity contribution >= 4 is 21.7 Å². The molecule has 1 fully saturated rings. The van der Waals surface area contributed by atoms with Gasteiger partial charge in [0.05, 0.1) is 30.2 Å². The monoisotopic (exact) mass is 315 g/mol. The number of hydrogen-bond donors (Lipinski definition) is 1. The normalized spacial score (nSPS) is 22.5. The number of aromatic nitrogens is 2. The second-order valence-electron chi connectivity index (χ2n) is 5.55. The Morgan fingerprint density at radius 2 is 2.19 bits per heavy atom. The Balaban J connectivity index is 2.15. The van der Waals surface area contributed by atoms with Crippen molar-refractivity contribution < 1.29 is 17.9 Å². The maximum atomic E-state index is 12.5. The SMILES string of the molecule is COC(=O)C1CCCC1S(=O)(=O)Nc1cnn(C(C)C)c1. The second kappa shape index (κ2) is 6.05. The molecule has 2 rings (SSSR count). The molecule has 0 bridgehead atoms. The van der Waals surface area contributed by atoms with Crippen molar-refractivity contribution in [1.82, 2.24) is 9.78 Å². The molecule has 118 valence electrons. The molecule has 2 unspecified atom stereocenters. The van der Waals surface area contributed by atoms with Crippen LogP contribution in [-0.4, -0.2) is 36.5 Å². The predicted octanol–water partition coefficient (Wildman–Crippen LogP) is 1.55. The lowest BCUT2D eigenvalue weighted by Gasteiger charge is -2.18. The molecule has 7 nitrogen and oxygen atoms in total. The van der Waals surface area contributed by atoms with Crippen LogP contribution in [0, 0.1) is 5.92 Å². The average molecular weight is 315 g/mol. The third-order valence-electron chi connectivity index (χ3n) is 3.75. The van der Waals surface area contributed by atoms with Gasteiger partial charge in [-0.2, -0.15) is 5.10 Å². The van der Waals surface area contributed by atoms with Gasteiger partial charge >= 0.3 is 5.97 Å². The number of sulfonamides is 1. The number of carbonyl (C=O) groups excluding carboxylic acids is 1. The van der Waals surface area contributed by atoms with Crippen LogP contribution in [0.25, 0.3) is 0 Å². The van der Waals surface area contributed by atoms with Gasteiger partial charge in [0.15, 0.2) is 0 Å². The summed E-state index contributed by atoms with van der Waals surface area (Å²) in [5, 5.41) is 3.35. The summed E-state index contributed by atoms with van der Waals surface area (Å²) in [5.74, 6) is -1.05. The van der Waals surface area contributed by atoms with Crippen LogP contribution in [0.15, 0.2) is 12.4 Å². The van der Waals surface area contributed by atoms with Crippen LogP contribution in [0.1, 0.15) is 39.2 Å². The first-order valence-electron chi connectivity index (χ1n) is 6.98. The first-order chi connectivity index (χ1) is 9.85. The molecule has 1 aliphatic rings. The number of methoxy groups -OCH3 is 1. The van der Waals surface area contributed by atoms with Crippen LogP contribution in [0.4, 0.5) is 5.69 Å². The van der Waals surface area contributed by atoms with E-state index in [1.807, 2.05) is 13.8 Å². The van der Waals surface area contributed by atoms with Gasteiger partial charge < -0.3 is 4.74 Å². The molecule has 1 heterocycles. The Labute approximate surface area is 124 Å². The van der Waals surface area contributed by atoms with Crippen LogP contribution in [0.3, 0.4) is 0 Å². The topological polar surface area (TPSA) is 90.3 Å². The van der Waals surface area contributed by atoms with E-state index in [0.717, 1.165) is 0 Å². The Morgan fingerprint density at radius 3 is 2.76 bits per heavy atom. The molecule has 1 aromatic rings. The molecule has 0 amide bonds. The molecule has 1 saturated carbocycles. The van der Waals surface area contributed by atoms with Gasteiger partial charge in [0.2, 0.25) is 10.0 Å². The summed E-state index contributed by atoms with van der Waals surface area (Å²) >= 11 is 0. The average Bonchev–Trinajstić information content (AvgIpc) is 3.05. The standard InChI is InChI=1S/C13H21N3O4S/c1-9(2)16-8-10(7-14-16)15-21(18,19)12-6-4-5-11(12)13(17)20-3/h7-9,11-12,15H,4-6H2,1-3H3. The van der Waals surface area contributed by atoms with Crippen molar-refractivity contribution in [3.63, 3.8) is 0 Å². The predicted molar refractivity (Wildman–Crippen MR) is 78.3 cm³/mol. The fourth-order valence-electron chi connectivity index (χ4n) is 2.63. The Kier molecular flexibility index (Phi) is 4.55. The molecule has 1 N–H and O–H groups in total. The second-order valence-corrected chi connectivity index (χ2v) is 7.45. The van der Waals surface area contributed by atoms with Crippen molar-refractivity contribution in [3.05, 3.63) is 12.4 Å². The van der Waals surface area contributed by atoms with Crippen LogP contribution in [-0.2, 0) is 19.6 Å². The van der Waals surface area contributed by atoms with E-state index in [1.54, 1.807) is 10.9 Å². The van der Waals surface area contributed by atoms with E-state index in [0.29, 0.717) is 24.9 Å². The molecule has 0 aliphatic heterocycles. The van der Waals surface area contributed by atoms with Crippen LogP contribution < -0.4 is 4.72 Å². The first kappa shape index (κ1) is 15.8. The molecule has 21 heavy (non-hydrogen) atoms. The molecular weight excluding hydrogens is 294 g/mol. The van der Waals surface area contributed by atoms with Gasteiger partial charge in [0, 0.05) is 12.2 Å². The zero-order valence-electron chi connectivity index (χ0n) is 12.4. The van der Waals surface area contributed by atoms with Crippen LogP contribution >= 0.6 is 0 Å². The smallest absolute Gasteiger partial charge is 0.310 e. The van der Waals surface area contributed by atoms with Gasteiger partial charge in [-0.1, -0.05) is 6.42 Å². The number of rotatable bonds is 5. The highest BCUT2D eigenvalue weighted by molar-refractivity contribution is 7.93. The molecular formula is C13H21N3O4S. The van der Waals surface area contributed by atoms with Gasteiger partial charge in [0.25, 0.3) is 0 Å². The van der Waals surface area contributed by atoms with Gasteiger partial charge in [-0.15, -0.1) is 0 Å². The van der Waals surface area contributed by atoms with Crippen molar-refractivity contribution in [3.8, 4) is 0 Å². The zero-order chi connectivity index (χ0) is 15.6. The minimum absolute atomic E-state index is 0.151. The zero-order valence-corrected chi connectivity index (χ0v) is 13.3. The summed E-state index contributed by atoms with van der Waals surface area (Å²) in [7, 11) is -2.35. The Bertz CT molecular complexity index is 609. The fraction of sp³-hybridized carbons (Fsp3) is 0.692. The lowest BCUT2D eigenvalue weighted by Crippen LogP contribution is -2.35. The number of nitrogens with one attached hydrogen (secondary N) is 1. The van der Waals surface area contributed by atoms with Crippen molar-refractivity contribution in [1.29, 1.82) is 0 Å². The molecule has 0 radical (unpaired) electrons. The van der Waals surface area contributed by atoms with Crippen LogP contribution in [0.5, 0.6) is 0 Å². The maximum absolute atomic E-state index is 12.5. The van der Waals surface area contributed by atoms with E-state index in [2.05, 4.69) is 9.82 Å². The molecule has 8 heteroatoms. The molecule has 1 aliphatic carbocycles. The molecule has 0 saturated heterocycles. The highest BCUT2D eigenvalue weighted by Gasteiger charge is 2.42. The third-order valence-corrected chi connectivity index (χ3v) is 5.63. The molecule has 0 aromatic carbocycles. The number of nitrogens with zero attached hydrogens (tertiary/aromatic N) is 2. The fourth-order valence-corrected chi connectivity index (χ4v) is 4.37. The number of carbonyl (C=O) groups is 1. The van der Waals surface area contributed by atoms with E-state index in [-0.39, 0.29) is 6.04 Å². The lowest BCUT2D eigenvalue weighted by atomic mass is 10.1. The van der Waals surface area contributed by atoms with Crippen molar-refractivity contribution in [2.45, 2.75) is 44.4 Å². The number of esters is 1. The van der Waals surface area contributed by atoms with E-state index < -0.39 is 27.2 Å². The minimum atomic E-state index is -3.63. The highest BCUT2D eigenvalue weighted by atomic mass is 32.2. The third kappa shape index (κ3) is 3.37.